The maximum atomic E-state index is 11.6. The van der Waals surface area contributed by atoms with Crippen molar-refractivity contribution in [2.24, 2.45) is 0 Å². The van der Waals surface area contributed by atoms with Crippen LogP contribution in [0.2, 0.25) is 0 Å². The highest BCUT2D eigenvalue weighted by Gasteiger charge is 2.21. The van der Waals surface area contributed by atoms with Crippen LogP contribution in [0, 0.1) is 0 Å². The third-order valence-corrected chi connectivity index (χ3v) is 3.84. The van der Waals surface area contributed by atoms with Gasteiger partial charge in [-0.05, 0) is 33.9 Å². The fourth-order valence-electron chi connectivity index (χ4n) is 1.49. The molecule has 1 atom stereocenters. The van der Waals surface area contributed by atoms with Crippen molar-refractivity contribution in [3.8, 4) is 0 Å². The molecule has 94 valence electrons. The van der Waals surface area contributed by atoms with E-state index in [1.54, 1.807) is 11.8 Å². The normalized spacial score (nSPS) is 20.7. The topological polar surface area (TPSA) is 44.4 Å². The molecule has 5 heteroatoms. The lowest BCUT2D eigenvalue weighted by Crippen LogP contribution is -2.42. The average molecular weight is 245 g/mol. The highest BCUT2D eigenvalue weighted by molar-refractivity contribution is 7.99. The van der Waals surface area contributed by atoms with E-state index in [9.17, 15) is 4.79 Å². The van der Waals surface area contributed by atoms with Gasteiger partial charge in [0.25, 0.3) is 0 Å². The van der Waals surface area contributed by atoms with Gasteiger partial charge >= 0.3 is 0 Å². The zero-order valence-corrected chi connectivity index (χ0v) is 11.3. The fraction of sp³-hybridized carbons (Fsp3) is 0.909. The lowest BCUT2D eigenvalue weighted by atomic mass is 10.3. The van der Waals surface area contributed by atoms with Gasteiger partial charge in [0.05, 0.1) is 6.04 Å². The number of thioether (sulfide) groups is 1. The molecule has 1 amide bonds. The molecule has 4 nitrogen and oxygen atoms in total. The van der Waals surface area contributed by atoms with Gasteiger partial charge in [-0.1, -0.05) is 0 Å². The molecule has 1 rings (SSSR count). The Morgan fingerprint density at radius 2 is 2.38 bits per heavy atom. The molecule has 0 aromatic heterocycles. The summed E-state index contributed by atoms with van der Waals surface area (Å²) in [4.78, 5) is 13.9. The van der Waals surface area contributed by atoms with Gasteiger partial charge in [-0.3, -0.25) is 10.1 Å². The van der Waals surface area contributed by atoms with E-state index in [0.29, 0.717) is 6.04 Å². The molecular weight excluding hydrogens is 222 g/mol. The molecule has 0 radical (unpaired) electrons. The first-order chi connectivity index (χ1) is 7.61. The summed E-state index contributed by atoms with van der Waals surface area (Å²) in [5.74, 6) is 1.95. The summed E-state index contributed by atoms with van der Waals surface area (Å²) in [6.07, 6.45) is 1.01. The average Bonchev–Trinajstić information content (AvgIpc) is 2.76. The summed E-state index contributed by atoms with van der Waals surface area (Å²) in [6, 6.07) is 0.594. The summed E-state index contributed by atoms with van der Waals surface area (Å²) >= 11 is 1.78. The van der Waals surface area contributed by atoms with Crippen LogP contribution >= 0.6 is 11.8 Å². The van der Waals surface area contributed by atoms with Gasteiger partial charge in [-0.25, -0.2) is 0 Å². The van der Waals surface area contributed by atoms with Crippen molar-refractivity contribution in [3.05, 3.63) is 0 Å². The van der Waals surface area contributed by atoms with Gasteiger partial charge < -0.3 is 10.2 Å². The number of carbonyl (C=O) groups excluding carboxylic acids is 1. The van der Waals surface area contributed by atoms with Gasteiger partial charge in [0.15, 0.2) is 0 Å². The molecule has 0 spiro atoms. The second-order valence-electron chi connectivity index (χ2n) is 4.49. The predicted molar refractivity (Wildman–Crippen MR) is 69.6 cm³/mol. The van der Waals surface area contributed by atoms with Gasteiger partial charge in [0, 0.05) is 24.2 Å². The monoisotopic (exact) mass is 245 g/mol. The van der Waals surface area contributed by atoms with E-state index in [4.69, 9.17) is 0 Å². The molecule has 1 aliphatic rings. The second kappa shape index (κ2) is 7.14. The molecule has 1 aliphatic heterocycles. The Labute approximate surface area is 103 Å². The molecule has 16 heavy (non-hydrogen) atoms. The van der Waals surface area contributed by atoms with Crippen molar-refractivity contribution >= 4 is 17.7 Å². The highest BCUT2D eigenvalue weighted by atomic mass is 32.2. The molecule has 1 unspecified atom stereocenters. The first-order valence-electron chi connectivity index (χ1n) is 5.90. The molecule has 1 heterocycles. The van der Waals surface area contributed by atoms with E-state index in [2.05, 4.69) is 36.4 Å². The number of nitrogens with zero attached hydrogens (tertiary/aromatic N) is 1. The minimum Gasteiger partial charge on any atom is -0.355 e. The Kier molecular flexibility index (Phi) is 6.16. The van der Waals surface area contributed by atoms with Crippen molar-refractivity contribution in [2.75, 3.05) is 31.8 Å². The first-order valence-corrected chi connectivity index (χ1v) is 7.06. The Morgan fingerprint density at radius 1 is 1.62 bits per heavy atom. The number of nitrogens with one attached hydrogen (secondary N) is 2. The number of amides is 1. The maximum Gasteiger partial charge on any atom is 0.238 e. The quantitative estimate of drug-likeness (QED) is 0.669. The molecule has 0 saturated carbocycles. The van der Waals surface area contributed by atoms with Crippen LogP contribution in [0.1, 0.15) is 20.3 Å². The van der Waals surface area contributed by atoms with Crippen LogP contribution in [0.4, 0.5) is 0 Å². The van der Waals surface area contributed by atoms with Crippen molar-refractivity contribution in [3.63, 3.8) is 0 Å². The Balaban J connectivity index is 2.04. The minimum atomic E-state index is 0.0211. The number of hydrogen-bond acceptors (Lipinski definition) is 4. The third-order valence-electron chi connectivity index (χ3n) is 2.90. The Hall–Kier alpha value is -0.260. The van der Waals surface area contributed by atoms with Crippen LogP contribution in [0.15, 0.2) is 0 Å². The molecule has 2 N–H and O–H groups in total. The van der Waals surface area contributed by atoms with Crippen molar-refractivity contribution in [1.82, 2.24) is 15.5 Å². The van der Waals surface area contributed by atoms with Crippen LogP contribution < -0.4 is 10.6 Å². The van der Waals surface area contributed by atoms with E-state index < -0.39 is 0 Å². The molecule has 0 bridgehead atoms. The van der Waals surface area contributed by atoms with Crippen LogP contribution in [-0.2, 0) is 4.79 Å². The standard InChI is InChI=1S/C11H23N3OS/c1-9(2)14(3)6-4-5-12-11(15)10-7-16-8-13-10/h9-10,13H,4-8H2,1-3H3,(H,12,15). The largest absolute Gasteiger partial charge is 0.355 e. The van der Waals surface area contributed by atoms with Gasteiger partial charge in [0.1, 0.15) is 0 Å². The predicted octanol–water partition coefficient (Wildman–Crippen LogP) is 0.495. The van der Waals surface area contributed by atoms with E-state index >= 15 is 0 Å². The summed E-state index contributed by atoms with van der Waals surface area (Å²) in [6.45, 7) is 6.17. The van der Waals surface area contributed by atoms with Crippen LogP contribution in [0.25, 0.3) is 0 Å². The smallest absolute Gasteiger partial charge is 0.238 e. The summed E-state index contributed by atoms with van der Waals surface area (Å²) in [5, 5.41) is 6.14. The lowest BCUT2D eigenvalue weighted by molar-refractivity contribution is -0.122. The van der Waals surface area contributed by atoms with Gasteiger partial charge in [-0.2, -0.15) is 0 Å². The molecule has 1 saturated heterocycles. The number of rotatable bonds is 6. The molecule has 0 aromatic rings. The van der Waals surface area contributed by atoms with E-state index in [1.165, 1.54) is 0 Å². The van der Waals surface area contributed by atoms with E-state index in [-0.39, 0.29) is 11.9 Å². The minimum absolute atomic E-state index is 0.0211. The molecule has 1 fully saturated rings. The number of carbonyl (C=O) groups is 1. The van der Waals surface area contributed by atoms with Gasteiger partial charge in [0.2, 0.25) is 5.91 Å². The fourth-order valence-corrected chi connectivity index (χ4v) is 2.43. The zero-order chi connectivity index (χ0) is 12.0. The Bertz CT molecular complexity index is 217. The summed E-state index contributed by atoms with van der Waals surface area (Å²) < 4.78 is 0. The lowest BCUT2D eigenvalue weighted by Gasteiger charge is -2.20. The zero-order valence-electron chi connectivity index (χ0n) is 10.5. The second-order valence-corrected chi connectivity index (χ2v) is 5.52. The molecular formula is C11H23N3OS. The molecule has 0 aliphatic carbocycles. The van der Waals surface area contributed by atoms with Crippen molar-refractivity contribution in [2.45, 2.75) is 32.4 Å². The SMILES string of the molecule is CC(C)N(C)CCCNC(=O)C1CSCN1. The third kappa shape index (κ3) is 4.72. The van der Waals surface area contributed by atoms with E-state index in [1.807, 2.05) is 0 Å². The first kappa shape index (κ1) is 13.8. The number of hydrogen-bond donors (Lipinski definition) is 2. The van der Waals surface area contributed by atoms with Crippen LogP contribution in [0.3, 0.4) is 0 Å². The van der Waals surface area contributed by atoms with Crippen molar-refractivity contribution < 1.29 is 4.79 Å². The summed E-state index contributed by atoms with van der Waals surface area (Å²) in [5.41, 5.74) is 0. The Morgan fingerprint density at radius 3 is 2.94 bits per heavy atom. The highest BCUT2D eigenvalue weighted by Crippen LogP contribution is 2.09. The van der Waals surface area contributed by atoms with E-state index in [0.717, 1.165) is 31.1 Å². The van der Waals surface area contributed by atoms with Gasteiger partial charge in [-0.15, -0.1) is 11.8 Å². The maximum absolute atomic E-state index is 11.6. The molecule has 0 aromatic carbocycles. The summed E-state index contributed by atoms with van der Waals surface area (Å²) in [7, 11) is 2.11. The van der Waals surface area contributed by atoms with Crippen molar-refractivity contribution in [1.29, 1.82) is 0 Å². The van der Waals surface area contributed by atoms with Crippen LogP contribution in [-0.4, -0.2) is 54.7 Å². The van der Waals surface area contributed by atoms with Crippen LogP contribution in [0.5, 0.6) is 0 Å².